The van der Waals surface area contributed by atoms with Crippen molar-refractivity contribution in [2.75, 3.05) is 11.9 Å². The highest BCUT2D eigenvalue weighted by molar-refractivity contribution is 5.93. The number of nitrogens with zero attached hydrogens (tertiary/aromatic N) is 2. The molecule has 1 aromatic carbocycles. The fraction of sp³-hybridized carbons (Fsp3) is 0.500. The molecule has 1 rings (SSSR count). The van der Waals surface area contributed by atoms with Crippen molar-refractivity contribution in [3.63, 3.8) is 0 Å². The van der Waals surface area contributed by atoms with Crippen molar-refractivity contribution in [1.29, 1.82) is 0 Å². The van der Waals surface area contributed by atoms with Gasteiger partial charge in [0.2, 0.25) is 5.91 Å². The summed E-state index contributed by atoms with van der Waals surface area (Å²) in [4.78, 5) is 23.7. The zero-order valence-electron chi connectivity index (χ0n) is 12.3. The quantitative estimate of drug-likeness (QED) is 0.676. The lowest BCUT2D eigenvalue weighted by atomic mass is 9.85. The molecule has 2 N–H and O–H groups in total. The van der Waals surface area contributed by atoms with Crippen LogP contribution in [0.25, 0.3) is 0 Å². The van der Waals surface area contributed by atoms with Crippen molar-refractivity contribution < 1.29 is 9.72 Å². The highest BCUT2D eigenvalue weighted by atomic mass is 16.6. The second kappa shape index (κ2) is 6.00. The molecule has 20 heavy (non-hydrogen) atoms. The maximum atomic E-state index is 12.1. The Morgan fingerprint density at radius 1 is 1.35 bits per heavy atom. The predicted molar refractivity (Wildman–Crippen MR) is 78.6 cm³/mol. The van der Waals surface area contributed by atoms with Gasteiger partial charge in [-0.05, 0) is 17.5 Å². The van der Waals surface area contributed by atoms with Crippen molar-refractivity contribution in [1.82, 2.24) is 0 Å². The molecule has 1 amide bonds. The largest absolute Gasteiger partial charge is 0.327 e. The van der Waals surface area contributed by atoms with Crippen LogP contribution < -0.4 is 10.6 Å². The monoisotopic (exact) mass is 279 g/mol. The maximum absolute atomic E-state index is 12.1. The van der Waals surface area contributed by atoms with E-state index in [2.05, 4.69) is 0 Å². The number of nitrogens with two attached hydrogens (primary N) is 1. The van der Waals surface area contributed by atoms with Gasteiger partial charge in [-0.2, -0.15) is 0 Å². The van der Waals surface area contributed by atoms with Gasteiger partial charge in [0.1, 0.15) is 0 Å². The number of hydrogen-bond acceptors (Lipinski definition) is 4. The lowest BCUT2D eigenvalue weighted by Crippen LogP contribution is -2.40. The van der Waals surface area contributed by atoms with E-state index in [1.54, 1.807) is 19.2 Å². The van der Waals surface area contributed by atoms with Gasteiger partial charge >= 0.3 is 0 Å². The molecule has 110 valence electrons. The van der Waals surface area contributed by atoms with E-state index in [4.69, 9.17) is 5.73 Å². The Morgan fingerprint density at radius 2 is 1.85 bits per heavy atom. The number of amides is 1. The van der Waals surface area contributed by atoms with Crippen LogP contribution in [0.2, 0.25) is 0 Å². The van der Waals surface area contributed by atoms with Gasteiger partial charge in [-0.3, -0.25) is 14.9 Å². The van der Waals surface area contributed by atoms with Gasteiger partial charge < -0.3 is 10.6 Å². The molecule has 1 unspecified atom stereocenters. The number of hydrogen-bond donors (Lipinski definition) is 1. The summed E-state index contributed by atoms with van der Waals surface area (Å²) < 4.78 is 0. The molecule has 1 aromatic rings. The Hall–Kier alpha value is -1.95. The van der Waals surface area contributed by atoms with E-state index in [0.717, 1.165) is 0 Å². The molecule has 0 spiro atoms. The first-order valence-electron chi connectivity index (χ1n) is 6.39. The highest BCUT2D eigenvalue weighted by Gasteiger charge is 2.25. The fourth-order valence-corrected chi connectivity index (χ4v) is 1.57. The Kier molecular flexibility index (Phi) is 4.83. The number of carbonyl (C=O) groups excluding carboxylic acids is 1. The summed E-state index contributed by atoms with van der Waals surface area (Å²) >= 11 is 0. The lowest BCUT2D eigenvalue weighted by Gasteiger charge is -2.28. The Morgan fingerprint density at radius 3 is 2.25 bits per heavy atom. The SMILES string of the molecule is CN(C(=O)CC(N)C(C)(C)C)c1ccc([N+](=O)[O-])cc1. The zero-order chi connectivity index (χ0) is 15.5. The molecule has 1 atom stereocenters. The second-order valence-electron chi connectivity index (χ2n) is 5.90. The van der Waals surface area contributed by atoms with Gasteiger partial charge in [0.25, 0.3) is 5.69 Å². The summed E-state index contributed by atoms with van der Waals surface area (Å²) in [6.45, 7) is 5.95. The van der Waals surface area contributed by atoms with Crippen LogP contribution in [-0.2, 0) is 4.79 Å². The van der Waals surface area contributed by atoms with Crippen molar-refractivity contribution in [2.45, 2.75) is 33.2 Å². The third-order valence-electron chi connectivity index (χ3n) is 3.33. The molecular formula is C14H21N3O3. The smallest absolute Gasteiger partial charge is 0.269 e. The Bertz CT molecular complexity index is 491. The van der Waals surface area contributed by atoms with Crippen LogP contribution in [0.1, 0.15) is 27.2 Å². The minimum Gasteiger partial charge on any atom is -0.327 e. The summed E-state index contributed by atoms with van der Waals surface area (Å²) in [5, 5.41) is 10.6. The van der Waals surface area contributed by atoms with E-state index < -0.39 is 4.92 Å². The van der Waals surface area contributed by atoms with Crippen molar-refractivity contribution in [3.8, 4) is 0 Å². The molecule has 0 saturated carbocycles. The fourth-order valence-electron chi connectivity index (χ4n) is 1.57. The number of benzene rings is 1. The molecule has 0 aliphatic heterocycles. The van der Waals surface area contributed by atoms with Crippen LogP contribution in [-0.4, -0.2) is 23.9 Å². The molecule has 0 radical (unpaired) electrons. The molecule has 6 heteroatoms. The predicted octanol–water partition coefficient (Wildman–Crippen LogP) is 2.32. The minimum absolute atomic E-state index is 0.000918. The average molecular weight is 279 g/mol. The summed E-state index contributed by atoms with van der Waals surface area (Å²) in [5.74, 6) is -0.110. The van der Waals surface area contributed by atoms with Crippen LogP contribution in [0.3, 0.4) is 0 Å². The van der Waals surface area contributed by atoms with Gasteiger partial charge in [-0.1, -0.05) is 20.8 Å². The van der Waals surface area contributed by atoms with Gasteiger partial charge in [0, 0.05) is 37.3 Å². The van der Waals surface area contributed by atoms with Gasteiger partial charge in [0.05, 0.1) is 4.92 Å². The van der Waals surface area contributed by atoms with Crippen molar-refractivity contribution in [3.05, 3.63) is 34.4 Å². The third-order valence-corrected chi connectivity index (χ3v) is 3.33. The molecule has 0 aliphatic rings. The molecule has 0 bridgehead atoms. The number of nitro groups is 1. The van der Waals surface area contributed by atoms with Gasteiger partial charge in [-0.25, -0.2) is 0 Å². The van der Waals surface area contributed by atoms with Crippen LogP contribution >= 0.6 is 0 Å². The summed E-state index contributed by atoms with van der Waals surface area (Å²) in [5.41, 5.74) is 6.46. The molecule has 0 aromatic heterocycles. The molecule has 0 heterocycles. The molecule has 0 aliphatic carbocycles. The molecule has 6 nitrogen and oxygen atoms in total. The normalized spacial score (nSPS) is 12.8. The van der Waals surface area contributed by atoms with Crippen LogP contribution in [0.15, 0.2) is 24.3 Å². The number of nitro benzene ring substituents is 1. The Balaban J connectivity index is 2.76. The molecule has 0 saturated heterocycles. The van der Waals surface area contributed by atoms with E-state index in [9.17, 15) is 14.9 Å². The van der Waals surface area contributed by atoms with Crippen LogP contribution in [0.4, 0.5) is 11.4 Å². The first-order chi connectivity index (χ1) is 9.12. The molecule has 0 fully saturated rings. The lowest BCUT2D eigenvalue weighted by molar-refractivity contribution is -0.384. The van der Waals surface area contributed by atoms with Crippen LogP contribution in [0, 0.1) is 15.5 Å². The topological polar surface area (TPSA) is 89.5 Å². The first-order valence-corrected chi connectivity index (χ1v) is 6.39. The maximum Gasteiger partial charge on any atom is 0.269 e. The number of anilines is 1. The second-order valence-corrected chi connectivity index (χ2v) is 5.90. The van der Waals surface area contributed by atoms with Gasteiger partial charge in [0.15, 0.2) is 0 Å². The van der Waals surface area contributed by atoms with E-state index in [-0.39, 0.29) is 29.5 Å². The third kappa shape index (κ3) is 4.03. The minimum atomic E-state index is -0.471. The van der Waals surface area contributed by atoms with E-state index in [0.29, 0.717) is 5.69 Å². The van der Waals surface area contributed by atoms with E-state index in [1.165, 1.54) is 17.0 Å². The van der Waals surface area contributed by atoms with Crippen molar-refractivity contribution >= 4 is 17.3 Å². The summed E-state index contributed by atoms with van der Waals surface area (Å²) in [6.07, 6.45) is 0.233. The summed E-state index contributed by atoms with van der Waals surface area (Å²) in [7, 11) is 1.64. The average Bonchev–Trinajstić information content (AvgIpc) is 2.36. The Labute approximate surface area is 118 Å². The molecular weight excluding hydrogens is 258 g/mol. The summed E-state index contributed by atoms with van der Waals surface area (Å²) in [6, 6.07) is 5.62. The zero-order valence-corrected chi connectivity index (χ0v) is 12.3. The van der Waals surface area contributed by atoms with E-state index in [1.807, 2.05) is 20.8 Å². The standard InChI is InChI=1S/C14H21N3O3/c1-14(2,3)12(15)9-13(18)16(4)10-5-7-11(8-6-10)17(19)20/h5-8,12H,9,15H2,1-4H3. The van der Waals surface area contributed by atoms with Crippen molar-refractivity contribution in [2.24, 2.45) is 11.1 Å². The van der Waals surface area contributed by atoms with Gasteiger partial charge in [-0.15, -0.1) is 0 Å². The number of carbonyl (C=O) groups is 1. The first kappa shape index (κ1) is 16.1. The van der Waals surface area contributed by atoms with E-state index >= 15 is 0 Å². The number of rotatable bonds is 4. The number of non-ortho nitro benzene ring substituents is 1. The van der Waals surface area contributed by atoms with Crippen LogP contribution in [0.5, 0.6) is 0 Å². The highest BCUT2D eigenvalue weighted by Crippen LogP contribution is 2.23.